The van der Waals surface area contributed by atoms with Gasteiger partial charge in [-0.3, -0.25) is 19.2 Å². The molecule has 0 bridgehead atoms. The lowest BCUT2D eigenvalue weighted by Gasteiger charge is -2.34. The Morgan fingerprint density at radius 1 is 1.30 bits per heavy atom. The predicted molar refractivity (Wildman–Crippen MR) is 98.3 cm³/mol. The van der Waals surface area contributed by atoms with Crippen LogP contribution < -0.4 is 27.1 Å². The summed E-state index contributed by atoms with van der Waals surface area (Å²) in [6, 6.07) is -0.144. The first-order chi connectivity index (χ1) is 12.9. The summed E-state index contributed by atoms with van der Waals surface area (Å²) < 4.78 is 0. The van der Waals surface area contributed by atoms with Gasteiger partial charge in [0.15, 0.2) is 5.82 Å². The molecule has 10 heteroatoms. The van der Waals surface area contributed by atoms with Crippen LogP contribution in [0.2, 0.25) is 0 Å². The summed E-state index contributed by atoms with van der Waals surface area (Å²) in [6.07, 6.45) is 2.82. The monoisotopic (exact) mass is 370 g/mol. The van der Waals surface area contributed by atoms with Gasteiger partial charge in [-0.05, 0) is 25.7 Å². The van der Waals surface area contributed by atoms with Gasteiger partial charge in [0.25, 0.3) is 11.8 Å². The Balaban J connectivity index is 2.02. The molecule has 3 rings (SSSR count). The normalized spacial score (nSPS) is 16.5. The second-order valence-corrected chi connectivity index (χ2v) is 6.15. The maximum absolute atomic E-state index is 11.8. The first kappa shape index (κ1) is 18.2. The number of carbonyl (C=O) groups excluding carboxylic acids is 2. The molecule has 1 aliphatic rings. The van der Waals surface area contributed by atoms with Gasteiger partial charge in [-0.2, -0.15) is 0 Å². The van der Waals surface area contributed by atoms with Crippen molar-refractivity contribution in [2.24, 2.45) is 5.73 Å². The number of rotatable bonds is 3. The lowest BCUT2D eigenvalue weighted by molar-refractivity contribution is -0.116. The number of hydrogen-bond donors (Lipinski definition) is 4. The molecule has 1 aliphatic heterocycles. The topological polar surface area (TPSA) is 154 Å². The number of nitrogens with two attached hydrogens (primary N) is 1. The van der Waals surface area contributed by atoms with Crippen LogP contribution in [-0.2, 0) is 4.79 Å². The zero-order chi connectivity index (χ0) is 19.6. The molecular weight excluding hydrogens is 352 g/mol. The van der Waals surface area contributed by atoms with Crippen molar-refractivity contribution in [3.63, 3.8) is 0 Å². The maximum Gasteiger partial charge on any atom is 0.314 e. The number of nitrogens with zero attached hydrogens (tertiary/aromatic N) is 2. The van der Waals surface area contributed by atoms with E-state index in [9.17, 15) is 19.2 Å². The summed E-state index contributed by atoms with van der Waals surface area (Å²) in [5.74, 6) is 4.25. The summed E-state index contributed by atoms with van der Waals surface area (Å²) in [7, 11) is 0. The van der Waals surface area contributed by atoms with E-state index in [1.165, 1.54) is 6.20 Å². The highest BCUT2D eigenvalue weighted by Gasteiger charge is 2.25. The Kier molecular flexibility index (Phi) is 4.94. The minimum Gasteiger partial charge on any atom is -0.365 e. The minimum atomic E-state index is -0.885. The van der Waals surface area contributed by atoms with Gasteiger partial charge in [-0.1, -0.05) is 5.92 Å². The maximum atomic E-state index is 11.8. The summed E-state index contributed by atoms with van der Waals surface area (Å²) in [5, 5.41) is 2.83. The molecule has 0 saturated carbocycles. The third kappa shape index (κ3) is 3.67. The van der Waals surface area contributed by atoms with E-state index in [-0.39, 0.29) is 28.5 Å². The molecule has 0 aliphatic carbocycles. The average Bonchev–Trinajstić information content (AvgIpc) is 2.62. The molecule has 0 spiro atoms. The van der Waals surface area contributed by atoms with Gasteiger partial charge in [0, 0.05) is 25.3 Å². The molecule has 27 heavy (non-hydrogen) atoms. The van der Waals surface area contributed by atoms with Crippen LogP contribution in [0.3, 0.4) is 0 Å². The molecule has 10 nitrogen and oxygen atoms in total. The van der Waals surface area contributed by atoms with Gasteiger partial charge in [0.05, 0.1) is 11.1 Å². The number of fused-ring (bicyclic) bond motifs is 1. The molecule has 2 aromatic rings. The van der Waals surface area contributed by atoms with Crippen LogP contribution in [0.25, 0.3) is 11.0 Å². The fourth-order valence-electron chi connectivity index (χ4n) is 3.14. The Bertz CT molecular complexity index is 1090. The quantitative estimate of drug-likeness (QED) is 0.394. The highest BCUT2D eigenvalue weighted by molar-refractivity contribution is 6.05. The number of piperidine rings is 1. The van der Waals surface area contributed by atoms with E-state index in [4.69, 9.17) is 5.73 Å². The van der Waals surface area contributed by atoms with Gasteiger partial charge in [0.1, 0.15) is 5.52 Å². The van der Waals surface area contributed by atoms with Crippen LogP contribution in [0.4, 0.5) is 5.82 Å². The van der Waals surface area contributed by atoms with Crippen molar-refractivity contribution < 1.29 is 9.59 Å². The van der Waals surface area contributed by atoms with Crippen molar-refractivity contribution in [2.45, 2.75) is 25.8 Å². The highest BCUT2D eigenvalue weighted by Crippen LogP contribution is 2.25. The standard InChI is InChI=1S/C17H18N6O4/c1-2-4-11(24)20-9-5-3-6-23(8-9)15-13-12(10(7-19-15)14(18)25)21-16(26)17(27)22-13/h7,9H,3,5-6,8H2,1H3,(H2,18,25)(H,20,24)(H,21,26)(H,22,27)/t9-/m1/s1. The van der Waals surface area contributed by atoms with Crippen molar-refractivity contribution in [2.75, 3.05) is 18.0 Å². The third-order valence-electron chi connectivity index (χ3n) is 4.30. The molecule has 3 heterocycles. The van der Waals surface area contributed by atoms with Crippen molar-refractivity contribution in [3.8, 4) is 11.8 Å². The molecule has 1 atom stereocenters. The van der Waals surface area contributed by atoms with Crippen molar-refractivity contribution in [3.05, 3.63) is 32.5 Å². The number of aromatic amines is 2. The van der Waals surface area contributed by atoms with Crippen molar-refractivity contribution >= 4 is 28.7 Å². The van der Waals surface area contributed by atoms with Gasteiger partial charge in [-0.15, -0.1) is 0 Å². The number of carbonyl (C=O) groups is 2. The summed E-state index contributed by atoms with van der Waals surface area (Å²) in [4.78, 5) is 57.8. The van der Waals surface area contributed by atoms with E-state index in [0.717, 1.165) is 12.8 Å². The number of amides is 2. The van der Waals surface area contributed by atoms with E-state index in [1.54, 1.807) is 6.92 Å². The van der Waals surface area contributed by atoms with Crippen molar-refractivity contribution in [1.29, 1.82) is 0 Å². The smallest absolute Gasteiger partial charge is 0.314 e. The van der Waals surface area contributed by atoms with Crippen LogP contribution in [0.5, 0.6) is 0 Å². The van der Waals surface area contributed by atoms with Gasteiger partial charge in [0.2, 0.25) is 0 Å². The number of hydrogen-bond acceptors (Lipinski definition) is 6. The number of nitrogens with one attached hydrogen (secondary N) is 3. The SMILES string of the molecule is CC#CC(=O)N[C@@H]1CCCN(c2ncc(C(N)=O)c3[nH]c(=O)c(=O)[nH]c23)C1. The van der Waals surface area contributed by atoms with Crippen LogP contribution in [0.1, 0.15) is 30.1 Å². The number of H-pyrrole nitrogens is 2. The molecular formula is C17H18N6O4. The second-order valence-electron chi connectivity index (χ2n) is 6.15. The van der Waals surface area contributed by atoms with E-state index in [2.05, 4.69) is 32.1 Å². The van der Waals surface area contributed by atoms with E-state index < -0.39 is 17.0 Å². The Labute approximate surface area is 153 Å². The average molecular weight is 370 g/mol. The Morgan fingerprint density at radius 3 is 2.67 bits per heavy atom. The Morgan fingerprint density at radius 2 is 2.00 bits per heavy atom. The van der Waals surface area contributed by atoms with Gasteiger partial charge < -0.3 is 25.9 Å². The molecule has 0 unspecified atom stereocenters. The molecule has 2 aromatic heterocycles. The van der Waals surface area contributed by atoms with Crippen LogP contribution in [0, 0.1) is 11.8 Å². The summed E-state index contributed by atoms with van der Waals surface area (Å²) in [6.45, 7) is 2.65. The number of anilines is 1. The van der Waals surface area contributed by atoms with Crippen LogP contribution >= 0.6 is 0 Å². The largest absolute Gasteiger partial charge is 0.365 e. The lowest BCUT2D eigenvalue weighted by Crippen LogP contribution is -2.48. The summed E-state index contributed by atoms with van der Waals surface area (Å²) in [5.41, 5.74) is 3.94. The molecule has 0 radical (unpaired) electrons. The molecule has 140 valence electrons. The first-order valence-electron chi connectivity index (χ1n) is 8.34. The third-order valence-corrected chi connectivity index (χ3v) is 4.30. The van der Waals surface area contributed by atoms with E-state index >= 15 is 0 Å². The molecule has 0 aromatic carbocycles. The molecule has 1 saturated heterocycles. The number of primary amides is 1. The molecule has 1 fully saturated rings. The van der Waals surface area contributed by atoms with Crippen molar-refractivity contribution in [1.82, 2.24) is 20.3 Å². The first-order valence-corrected chi connectivity index (χ1v) is 8.34. The number of pyridine rings is 1. The van der Waals surface area contributed by atoms with Crippen LogP contribution in [-0.4, -0.2) is 45.9 Å². The predicted octanol–water partition coefficient (Wildman–Crippen LogP) is -1.18. The number of aromatic nitrogens is 3. The lowest BCUT2D eigenvalue weighted by atomic mass is 10.1. The van der Waals surface area contributed by atoms with Gasteiger partial charge in [-0.25, -0.2) is 4.98 Å². The fraction of sp³-hybridized carbons (Fsp3) is 0.353. The summed E-state index contributed by atoms with van der Waals surface area (Å²) >= 11 is 0. The van der Waals surface area contributed by atoms with Crippen LogP contribution in [0.15, 0.2) is 15.8 Å². The van der Waals surface area contributed by atoms with E-state index in [1.807, 2.05) is 4.90 Å². The Hall–Kier alpha value is -3.61. The van der Waals surface area contributed by atoms with E-state index in [0.29, 0.717) is 18.9 Å². The zero-order valence-corrected chi connectivity index (χ0v) is 14.6. The highest BCUT2D eigenvalue weighted by atomic mass is 16.2. The molecule has 5 N–H and O–H groups in total. The minimum absolute atomic E-state index is 0.00202. The van der Waals surface area contributed by atoms with Gasteiger partial charge >= 0.3 is 11.1 Å². The zero-order valence-electron chi connectivity index (χ0n) is 14.6. The second kappa shape index (κ2) is 7.33. The fourth-order valence-corrected chi connectivity index (χ4v) is 3.14. The molecule has 2 amide bonds.